The number of carbonyl (C=O) groups excluding carboxylic acids is 3. The number of fused-ring (bicyclic) bond motifs is 2. The Morgan fingerprint density at radius 2 is 2.00 bits per heavy atom. The maximum atomic E-state index is 12.8. The topological polar surface area (TPSA) is 147 Å². The molecule has 5 fully saturated rings. The number of aromatic nitrogens is 2. The molecule has 210 valence electrons. The van der Waals surface area contributed by atoms with Gasteiger partial charge in [-0.3, -0.25) is 9.59 Å². The van der Waals surface area contributed by atoms with Crippen LogP contribution in [0.3, 0.4) is 0 Å². The SMILES string of the molecule is COC(=O)C(Cc1cnc[nH]1)NC(=O)CCC(=O)O[C@@H]1O[C@@H]2O[C@@]3(C)CC[C@H]4[C@H](C)CC[C@@H]([C@H]1C)C24OO3. The molecule has 1 aromatic rings. The highest BCUT2D eigenvalue weighted by molar-refractivity contribution is 5.86. The first-order chi connectivity index (χ1) is 18.1. The first kappa shape index (κ1) is 27.0. The first-order valence-electron chi connectivity index (χ1n) is 13.4. The number of rotatable bonds is 8. The number of aromatic amines is 1. The number of amides is 1. The minimum absolute atomic E-state index is 0.0227. The van der Waals surface area contributed by atoms with Crippen molar-refractivity contribution in [3.8, 4) is 0 Å². The molecule has 6 rings (SSSR count). The van der Waals surface area contributed by atoms with E-state index in [2.05, 4.69) is 22.2 Å². The smallest absolute Gasteiger partial charge is 0.328 e. The zero-order chi connectivity index (χ0) is 27.1. The van der Waals surface area contributed by atoms with Gasteiger partial charge in [-0.15, -0.1) is 0 Å². The summed E-state index contributed by atoms with van der Waals surface area (Å²) in [6, 6.07) is -0.908. The van der Waals surface area contributed by atoms with Crippen LogP contribution in [0.2, 0.25) is 0 Å². The van der Waals surface area contributed by atoms with Crippen molar-refractivity contribution in [2.45, 2.75) is 95.7 Å². The Bertz CT molecular complexity index is 1040. The quantitative estimate of drug-likeness (QED) is 0.375. The second-order valence-electron chi connectivity index (χ2n) is 11.2. The van der Waals surface area contributed by atoms with E-state index in [0.29, 0.717) is 18.0 Å². The average Bonchev–Trinajstić information content (AvgIpc) is 3.30. The number of nitrogens with zero attached hydrogens (tertiary/aromatic N) is 1. The number of nitrogens with one attached hydrogen (secondary N) is 2. The molecule has 12 heteroatoms. The van der Waals surface area contributed by atoms with Gasteiger partial charge in [0.15, 0.2) is 11.9 Å². The molecule has 2 bridgehead atoms. The van der Waals surface area contributed by atoms with Crippen LogP contribution in [0.15, 0.2) is 12.5 Å². The summed E-state index contributed by atoms with van der Waals surface area (Å²) in [5.41, 5.74) is -0.0775. The highest BCUT2D eigenvalue weighted by atomic mass is 17.3. The van der Waals surface area contributed by atoms with Gasteiger partial charge >= 0.3 is 11.9 Å². The lowest BCUT2D eigenvalue weighted by Crippen LogP contribution is -2.70. The van der Waals surface area contributed by atoms with Gasteiger partial charge < -0.3 is 29.2 Å². The minimum atomic E-state index is -0.920. The van der Waals surface area contributed by atoms with Crippen molar-refractivity contribution in [3.05, 3.63) is 18.2 Å². The number of methoxy groups -OCH3 is 1. The Morgan fingerprint density at radius 3 is 2.74 bits per heavy atom. The molecule has 2 unspecified atom stereocenters. The standard InChI is InChI=1S/C26H37N3O9/c1-14-5-6-18-15(2)23(35-24-26(18)17(14)9-10-25(3,36-24)37-38-26)34-21(31)8-7-20(30)29-19(22(32)33-4)11-16-12-27-13-28-16/h12-15,17-19,23-24H,5-11H2,1-4H3,(H,27,28)(H,29,30)/t14-,15-,17+,18+,19?,23-,24-,25-,26?/m1/s1. The van der Waals surface area contributed by atoms with Crippen molar-refractivity contribution in [2.75, 3.05) is 7.11 Å². The summed E-state index contributed by atoms with van der Waals surface area (Å²) in [5.74, 6) is -2.05. The maximum Gasteiger partial charge on any atom is 0.328 e. The molecule has 0 aromatic carbocycles. The molecule has 38 heavy (non-hydrogen) atoms. The Morgan fingerprint density at radius 1 is 1.18 bits per heavy atom. The predicted molar refractivity (Wildman–Crippen MR) is 128 cm³/mol. The van der Waals surface area contributed by atoms with Gasteiger partial charge in [-0.05, 0) is 38.0 Å². The third-order valence-corrected chi connectivity index (χ3v) is 8.70. The van der Waals surface area contributed by atoms with E-state index in [4.69, 9.17) is 28.7 Å². The van der Waals surface area contributed by atoms with Crippen LogP contribution in [0.1, 0.15) is 65.0 Å². The molecule has 5 heterocycles. The van der Waals surface area contributed by atoms with Crippen LogP contribution < -0.4 is 5.32 Å². The zero-order valence-corrected chi connectivity index (χ0v) is 22.3. The monoisotopic (exact) mass is 535 g/mol. The molecular formula is C26H37N3O9. The van der Waals surface area contributed by atoms with Crippen LogP contribution in [0.4, 0.5) is 0 Å². The van der Waals surface area contributed by atoms with Crippen molar-refractivity contribution in [2.24, 2.45) is 23.7 Å². The number of esters is 2. The van der Waals surface area contributed by atoms with Gasteiger partial charge in [-0.2, -0.15) is 0 Å². The van der Waals surface area contributed by atoms with Crippen LogP contribution in [-0.4, -0.2) is 64.9 Å². The highest BCUT2D eigenvalue weighted by Gasteiger charge is 2.69. The highest BCUT2D eigenvalue weighted by Crippen LogP contribution is 2.60. The van der Waals surface area contributed by atoms with Crippen molar-refractivity contribution in [1.82, 2.24) is 15.3 Å². The molecule has 1 saturated carbocycles. The van der Waals surface area contributed by atoms with Crippen LogP contribution in [0.25, 0.3) is 0 Å². The van der Waals surface area contributed by atoms with Crippen LogP contribution >= 0.6 is 0 Å². The van der Waals surface area contributed by atoms with Crippen molar-refractivity contribution < 1.29 is 43.1 Å². The van der Waals surface area contributed by atoms with E-state index in [1.165, 1.54) is 13.4 Å². The molecule has 5 aliphatic rings. The summed E-state index contributed by atoms with van der Waals surface area (Å²) in [6.07, 6.45) is 4.86. The maximum absolute atomic E-state index is 12.8. The zero-order valence-electron chi connectivity index (χ0n) is 22.3. The number of imidazole rings is 1. The Kier molecular flexibility index (Phi) is 7.51. The van der Waals surface area contributed by atoms with E-state index >= 15 is 0 Å². The van der Waals surface area contributed by atoms with Gasteiger partial charge in [0, 0.05) is 43.0 Å². The number of hydrogen-bond acceptors (Lipinski definition) is 10. The third-order valence-electron chi connectivity index (χ3n) is 8.70. The van der Waals surface area contributed by atoms with Gasteiger partial charge in [0.05, 0.1) is 19.9 Å². The molecule has 12 nitrogen and oxygen atoms in total. The summed E-state index contributed by atoms with van der Waals surface area (Å²) in [4.78, 5) is 56.2. The number of hydrogen-bond donors (Lipinski definition) is 2. The largest absolute Gasteiger partial charge is 0.467 e. The van der Waals surface area contributed by atoms with Crippen molar-refractivity contribution >= 4 is 17.8 Å². The van der Waals surface area contributed by atoms with Crippen molar-refractivity contribution in [3.63, 3.8) is 0 Å². The molecule has 0 radical (unpaired) electrons. The Labute approximate surface area is 221 Å². The van der Waals surface area contributed by atoms with Crippen molar-refractivity contribution in [1.29, 1.82) is 0 Å². The molecule has 4 aliphatic heterocycles. The molecule has 2 N–H and O–H groups in total. The number of H-pyrrole nitrogens is 1. The van der Waals surface area contributed by atoms with E-state index in [0.717, 1.165) is 19.3 Å². The fourth-order valence-corrected chi connectivity index (χ4v) is 6.63. The first-order valence-corrected chi connectivity index (χ1v) is 13.4. The van der Waals surface area contributed by atoms with E-state index in [-0.39, 0.29) is 37.0 Å². The van der Waals surface area contributed by atoms with Gasteiger partial charge in [0.25, 0.3) is 0 Å². The summed E-state index contributed by atoms with van der Waals surface area (Å²) >= 11 is 0. The number of carbonyl (C=O) groups is 3. The molecular weight excluding hydrogens is 498 g/mol. The second-order valence-corrected chi connectivity index (χ2v) is 11.2. The van der Waals surface area contributed by atoms with Gasteiger partial charge in [0.2, 0.25) is 18.0 Å². The van der Waals surface area contributed by atoms with Crippen LogP contribution in [0.5, 0.6) is 0 Å². The molecule has 1 amide bonds. The predicted octanol–water partition coefficient (Wildman–Crippen LogP) is 2.14. The summed E-state index contributed by atoms with van der Waals surface area (Å²) in [7, 11) is 1.25. The molecule has 4 saturated heterocycles. The van der Waals surface area contributed by atoms with Gasteiger partial charge in [0.1, 0.15) is 6.04 Å². The summed E-state index contributed by atoms with van der Waals surface area (Å²) < 4.78 is 23.1. The average molecular weight is 536 g/mol. The lowest BCUT2D eigenvalue weighted by atomic mass is 9.58. The van der Waals surface area contributed by atoms with Gasteiger partial charge in [-0.25, -0.2) is 19.6 Å². The van der Waals surface area contributed by atoms with E-state index in [1.807, 2.05) is 13.8 Å². The van der Waals surface area contributed by atoms with E-state index < -0.39 is 47.9 Å². The van der Waals surface area contributed by atoms with E-state index in [1.54, 1.807) is 6.20 Å². The Balaban J connectivity index is 1.19. The minimum Gasteiger partial charge on any atom is -0.467 e. The molecule has 9 atom stereocenters. The summed E-state index contributed by atoms with van der Waals surface area (Å²) in [6.45, 7) is 6.07. The summed E-state index contributed by atoms with van der Waals surface area (Å²) in [5, 5.41) is 2.62. The second kappa shape index (κ2) is 10.6. The normalized spacial score (nSPS) is 38.4. The van der Waals surface area contributed by atoms with Crippen LogP contribution in [-0.2, 0) is 49.5 Å². The lowest BCUT2D eigenvalue weighted by molar-refractivity contribution is -0.576. The fraction of sp³-hybridized carbons (Fsp3) is 0.769. The van der Waals surface area contributed by atoms with Crippen LogP contribution in [0, 0.1) is 23.7 Å². The lowest BCUT2D eigenvalue weighted by Gasteiger charge is -2.59. The molecule has 1 aromatic heterocycles. The molecule has 1 spiro atoms. The van der Waals surface area contributed by atoms with E-state index in [9.17, 15) is 14.4 Å². The Hall–Kier alpha value is -2.54. The molecule has 1 aliphatic carbocycles. The fourth-order valence-electron chi connectivity index (χ4n) is 6.63. The van der Waals surface area contributed by atoms with Gasteiger partial charge in [-0.1, -0.05) is 13.8 Å². The third kappa shape index (κ3) is 4.94. The number of ether oxygens (including phenoxy) is 4.